The van der Waals surface area contributed by atoms with E-state index in [0.717, 1.165) is 9.65 Å². The number of aromatic amines is 1. The maximum absolute atomic E-state index is 5.10. The summed E-state index contributed by atoms with van der Waals surface area (Å²) in [5, 5.41) is 2.10. The van der Waals surface area contributed by atoms with E-state index in [4.69, 9.17) is 12.2 Å². The van der Waals surface area contributed by atoms with Crippen LogP contribution in [0.1, 0.15) is 17.5 Å². The minimum atomic E-state index is 0.852. The summed E-state index contributed by atoms with van der Waals surface area (Å²) in [6.45, 7) is 0. The Morgan fingerprint density at radius 3 is 2.87 bits per heavy atom. The average Bonchev–Trinajstić information content (AvgIpc) is 2.84. The first-order valence-electron chi connectivity index (χ1n) is 5.13. The first-order chi connectivity index (χ1) is 7.33. The highest BCUT2D eigenvalue weighted by Crippen LogP contribution is 2.28. The van der Waals surface area contributed by atoms with E-state index in [9.17, 15) is 0 Å². The monoisotopic (exact) mass is 233 g/mol. The van der Waals surface area contributed by atoms with Gasteiger partial charge in [0.2, 0.25) is 0 Å². The van der Waals surface area contributed by atoms with Crippen LogP contribution in [0.3, 0.4) is 0 Å². The second-order valence-electron chi connectivity index (χ2n) is 3.90. The number of H-pyrrole nitrogens is 1. The minimum Gasteiger partial charge on any atom is -0.337 e. The van der Waals surface area contributed by atoms with Crippen LogP contribution in [0.4, 0.5) is 0 Å². The topological polar surface area (TPSA) is 15.8 Å². The fourth-order valence-corrected chi connectivity index (χ4v) is 3.00. The van der Waals surface area contributed by atoms with Crippen molar-refractivity contribution in [3.63, 3.8) is 0 Å². The van der Waals surface area contributed by atoms with Gasteiger partial charge in [0.25, 0.3) is 0 Å². The van der Waals surface area contributed by atoms with Crippen LogP contribution >= 0.6 is 23.6 Å². The molecule has 1 nitrogen and oxygen atoms in total. The molecular formula is C12H11NS2. The third-order valence-electron chi connectivity index (χ3n) is 2.93. The molecule has 1 aromatic carbocycles. The molecule has 1 aliphatic carbocycles. The molecule has 0 aliphatic heterocycles. The van der Waals surface area contributed by atoms with Gasteiger partial charge in [-0.05, 0) is 54.2 Å². The summed E-state index contributed by atoms with van der Waals surface area (Å²) >= 11 is 6.69. The van der Waals surface area contributed by atoms with Crippen LogP contribution < -0.4 is 0 Å². The lowest BCUT2D eigenvalue weighted by molar-refractivity contribution is 0.912. The van der Waals surface area contributed by atoms with Crippen molar-refractivity contribution in [1.29, 1.82) is 0 Å². The van der Waals surface area contributed by atoms with Crippen molar-refractivity contribution in [2.45, 2.75) is 19.3 Å². The number of aryl methyl sites for hydroxylation is 2. The van der Waals surface area contributed by atoms with Crippen molar-refractivity contribution in [2.75, 3.05) is 0 Å². The normalized spacial score (nSPS) is 14.1. The molecule has 0 atom stereocenters. The van der Waals surface area contributed by atoms with Gasteiger partial charge in [0.05, 0.1) is 5.69 Å². The molecule has 76 valence electrons. The average molecular weight is 233 g/mol. The fraction of sp³-hybridized carbons (Fsp3) is 0.250. The fourth-order valence-electron chi connectivity index (χ4n) is 2.16. The molecule has 3 rings (SSSR count). The van der Waals surface area contributed by atoms with Gasteiger partial charge < -0.3 is 4.98 Å². The first kappa shape index (κ1) is 9.31. The number of rotatable bonds is 1. The molecule has 0 amide bonds. The van der Waals surface area contributed by atoms with Gasteiger partial charge >= 0.3 is 0 Å². The summed E-state index contributed by atoms with van der Waals surface area (Å²) in [5.74, 6) is 0. The number of fused-ring (bicyclic) bond motifs is 1. The molecule has 0 fully saturated rings. The predicted octanol–water partition coefficient (Wildman–Crippen LogP) is 3.96. The zero-order valence-electron chi connectivity index (χ0n) is 8.25. The van der Waals surface area contributed by atoms with E-state index >= 15 is 0 Å². The summed E-state index contributed by atoms with van der Waals surface area (Å²) in [5.41, 5.74) is 5.45. The van der Waals surface area contributed by atoms with Gasteiger partial charge in [0.15, 0.2) is 3.95 Å². The van der Waals surface area contributed by atoms with Gasteiger partial charge in [-0.2, -0.15) is 0 Å². The Morgan fingerprint density at radius 2 is 2.07 bits per heavy atom. The summed E-state index contributed by atoms with van der Waals surface area (Å²) in [4.78, 5) is 3.22. The van der Waals surface area contributed by atoms with Crippen molar-refractivity contribution < 1.29 is 0 Å². The third kappa shape index (κ3) is 1.66. The van der Waals surface area contributed by atoms with Gasteiger partial charge in [-0.25, -0.2) is 0 Å². The van der Waals surface area contributed by atoms with E-state index in [1.165, 1.54) is 36.0 Å². The van der Waals surface area contributed by atoms with Gasteiger partial charge in [0.1, 0.15) is 0 Å². The maximum Gasteiger partial charge on any atom is 0.158 e. The lowest BCUT2D eigenvalue weighted by Crippen LogP contribution is -1.84. The Balaban J connectivity index is 2.10. The summed E-state index contributed by atoms with van der Waals surface area (Å²) in [7, 11) is 0. The molecule has 0 saturated heterocycles. The number of hydrogen-bond donors (Lipinski definition) is 1. The standard InChI is InChI=1S/C12H11NS2/c14-12-13-11(7-15-12)10-5-4-8-2-1-3-9(8)6-10/h4-7H,1-3H2,(H,13,14). The van der Waals surface area contributed by atoms with Gasteiger partial charge in [-0.1, -0.05) is 12.1 Å². The van der Waals surface area contributed by atoms with E-state index in [-0.39, 0.29) is 0 Å². The van der Waals surface area contributed by atoms with E-state index in [1.54, 1.807) is 11.3 Å². The maximum atomic E-state index is 5.10. The Bertz CT molecular complexity index is 551. The van der Waals surface area contributed by atoms with E-state index < -0.39 is 0 Å². The molecule has 1 N–H and O–H groups in total. The highest BCUT2D eigenvalue weighted by molar-refractivity contribution is 7.73. The molecule has 3 heteroatoms. The summed E-state index contributed by atoms with van der Waals surface area (Å²) < 4.78 is 0.852. The second-order valence-corrected chi connectivity index (χ2v) is 5.45. The molecule has 0 saturated carbocycles. The number of hydrogen-bond acceptors (Lipinski definition) is 2. The lowest BCUT2D eigenvalue weighted by Gasteiger charge is -2.02. The van der Waals surface area contributed by atoms with Crippen LogP contribution in [-0.4, -0.2) is 4.98 Å². The van der Waals surface area contributed by atoms with E-state index in [1.807, 2.05) is 0 Å². The van der Waals surface area contributed by atoms with Crippen molar-refractivity contribution in [3.05, 3.63) is 38.7 Å². The number of aromatic nitrogens is 1. The Hall–Kier alpha value is -0.930. The number of thiazole rings is 1. The quantitative estimate of drug-likeness (QED) is 0.737. The second kappa shape index (κ2) is 3.58. The Morgan fingerprint density at radius 1 is 1.20 bits per heavy atom. The smallest absolute Gasteiger partial charge is 0.158 e. The van der Waals surface area contributed by atoms with Gasteiger partial charge in [-0.3, -0.25) is 0 Å². The molecule has 1 aliphatic rings. The van der Waals surface area contributed by atoms with Gasteiger partial charge in [-0.15, -0.1) is 11.3 Å². The molecule has 1 heterocycles. The van der Waals surface area contributed by atoms with Crippen molar-refractivity contribution in [1.82, 2.24) is 4.98 Å². The van der Waals surface area contributed by atoms with Crippen LogP contribution in [-0.2, 0) is 12.8 Å². The molecule has 1 aromatic heterocycles. The SMILES string of the molecule is S=c1[nH]c(-c2ccc3c(c2)CCC3)cs1. The van der Waals surface area contributed by atoms with E-state index in [2.05, 4.69) is 28.6 Å². The molecule has 0 radical (unpaired) electrons. The third-order valence-corrected chi connectivity index (χ3v) is 3.99. The minimum absolute atomic E-state index is 0.852. The largest absolute Gasteiger partial charge is 0.337 e. The van der Waals surface area contributed by atoms with Crippen LogP contribution in [0.25, 0.3) is 11.3 Å². The van der Waals surface area contributed by atoms with Crippen LogP contribution in [0, 0.1) is 3.95 Å². The molecular weight excluding hydrogens is 222 g/mol. The van der Waals surface area contributed by atoms with Crippen molar-refractivity contribution >= 4 is 23.6 Å². The first-order valence-corrected chi connectivity index (χ1v) is 6.42. The highest BCUT2D eigenvalue weighted by atomic mass is 32.1. The number of nitrogens with one attached hydrogen (secondary N) is 1. The molecule has 2 aromatic rings. The molecule has 0 spiro atoms. The lowest BCUT2D eigenvalue weighted by atomic mass is 10.1. The summed E-state index contributed by atoms with van der Waals surface area (Å²) in [6.07, 6.45) is 3.78. The Kier molecular flexibility index (Phi) is 2.22. The number of benzene rings is 1. The van der Waals surface area contributed by atoms with Crippen molar-refractivity contribution in [3.8, 4) is 11.3 Å². The van der Waals surface area contributed by atoms with Crippen LogP contribution in [0.5, 0.6) is 0 Å². The molecule has 0 unspecified atom stereocenters. The highest BCUT2D eigenvalue weighted by Gasteiger charge is 2.11. The van der Waals surface area contributed by atoms with Crippen molar-refractivity contribution in [2.24, 2.45) is 0 Å². The molecule has 0 bridgehead atoms. The van der Waals surface area contributed by atoms with Gasteiger partial charge in [0, 0.05) is 5.38 Å². The van der Waals surface area contributed by atoms with Crippen LogP contribution in [0.15, 0.2) is 23.6 Å². The van der Waals surface area contributed by atoms with E-state index in [0.29, 0.717) is 0 Å². The van der Waals surface area contributed by atoms with Crippen LogP contribution in [0.2, 0.25) is 0 Å². The molecule has 15 heavy (non-hydrogen) atoms. The zero-order valence-corrected chi connectivity index (χ0v) is 9.88. The zero-order chi connectivity index (χ0) is 10.3. The predicted molar refractivity (Wildman–Crippen MR) is 67.0 cm³/mol. The Labute approximate surface area is 97.8 Å². The summed E-state index contributed by atoms with van der Waals surface area (Å²) in [6, 6.07) is 6.75.